The first-order chi connectivity index (χ1) is 13.8. The van der Waals surface area contributed by atoms with Crippen LogP contribution in [0.3, 0.4) is 0 Å². The van der Waals surface area contributed by atoms with Crippen molar-refractivity contribution in [3.8, 4) is 0 Å². The number of piperidine rings is 1. The minimum absolute atomic E-state index is 0.0491. The molecule has 7 nitrogen and oxygen atoms in total. The quantitative estimate of drug-likeness (QED) is 0.728. The molecule has 0 bridgehead atoms. The topological polar surface area (TPSA) is 92.8 Å². The largest absolute Gasteiger partial charge is 0.452 e. The molecule has 2 aromatic rings. The summed E-state index contributed by atoms with van der Waals surface area (Å²) in [5.41, 5.74) is 0.661. The van der Waals surface area contributed by atoms with Crippen molar-refractivity contribution in [2.75, 3.05) is 24.2 Å². The van der Waals surface area contributed by atoms with Crippen molar-refractivity contribution in [1.29, 1.82) is 0 Å². The van der Waals surface area contributed by atoms with Crippen LogP contribution in [0.4, 0.5) is 5.69 Å². The Morgan fingerprint density at radius 2 is 1.79 bits per heavy atom. The van der Waals surface area contributed by atoms with E-state index in [9.17, 15) is 18.0 Å². The van der Waals surface area contributed by atoms with E-state index in [1.165, 1.54) is 11.2 Å². The first kappa shape index (κ1) is 21.3. The van der Waals surface area contributed by atoms with Crippen molar-refractivity contribution in [3.05, 3.63) is 42.5 Å². The number of esters is 1. The Hall–Kier alpha value is -2.45. The lowest BCUT2D eigenvalue weighted by molar-refractivity contribution is -0.158. The molecule has 0 spiro atoms. The number of nitrogens with zero attached hydrogens (tertiary/aromatic N) is 1. The number of hydrogen-bond donors (Lipinski definition) is 1. The third kappa shape index (κ3) is 4.94. The van der Waals surface area contributed by atoms with Crippen LogP contribution in [0.2, 0.25) is 0 Å². The van der Waals surface area contributed by atoms with Gasteiger partial charge in [0.1, 0.15) is 0 Å². The van der Waals surface area contributed by atoms with Crippen molar-refractivity contribution in [2.24, 2.45) is 5.92 Å². The van der Waals surface area contributed by atoms with Crippen molar-refractivity contribution in [3.63, 3.8) is 0 Å². The molecule has 2 aromatic carbocycles. The summed E-state index contributed by atoms with van der Waals surface area (Å²) >= 11 is 0. The molecule has 1 N–H and O–H groups in total. The van der Waals surface area contributed by atoms with E-state index in [4.69, 9.17) is 4.74 Å². The summed E-state index contributed by atoms with van der Waals surface area (Å²) in [6.45, 7) is 3.74. The summed E-state index contributed by atoms with van der Waals surface area (Å²) < 4.78 is 30.6. The van der Waals surface area contributed by atoms with E-state index < -0.39 is 33.9 Å². The number of nitrogens with one attached hydrogen (secondary N) is 1. The van der Waals surface area contributed by atoms with Crippen LogP contribution in [-0.4, -0.2) is 49.5 Å². The predicted molar refractivity (Wildman–Crippen MR) is 112 cm³/mol. The van der Waals surface area contributed by atoms with Gasteiger partial charge >= 0.3 is 5.97 Å². The number of fused-ring (bicyclic) bond motifs is 1. The average molecular weight is 419 g/mol. The molecule has 3 rings (SSSR count). The van der Waals surface area contributed by atoms with Crippen LogP contribution >= 0.6 is 0 Å². The fourth-order valence-electron chi connectivity index (χ4n) is 3.44. The number of benzene rings is 2. The van der Waals surface area contributed by atoms with E-state index in [0.717, 1.165) is 10.8 Å². The lowest BCUT2D eigenvalue weighted by Gasteiger charge is -2.30. The number of carbonyl (C=O) groups excluding carboxylic acids is 2. The van der Waals surface area contributed by atoms with E-state index in [0.29, 0.717) is 31.6 Å². The van der Waals surface area contributed by atoms with Crippen molar-refractivity contribution >= 4 is 38.4 Å². The number of ether oxygens (including phenoxy) is 1. The standard InChI is InChI=1S/C21H26N2O5S/c1-3-29(26,27)23-13-11-17(12-14-23)21(25)28-15(2)20(24)22-19-10-6-8-16-7-4-5-9-18(16)19/h4-10,15,17H,3,11-14H2,1-2H3,(H,22,24). The molecule has 1 heterocycles. The molecular formula is C21H26N2O5S. The van der Waals surface area contributed by atoms with Gasteiger partial charge in [-0.25, -0.2) is 12.7 Å². The van der Waals surface area contributed by atoms with Gasteiger partial charge in [0.25, 0.3) is 5.91 Å². The summed E-state index contributed by atoms with van der Waals surface area (Å²) in [6.07, 6.45) is -0.148. The number of carbonyl (C=O) groups is 2. The maximum atomic E-state index is 12.5. The normalized spacial score (nSPS) is 17.0. The fourth-order valence-corrected chi connectivity index (χ4v) is 4.58. The zero-order valence-corrected chi connectivity index (χ0v) is 17.4. The van der Waals surface area contributed by atoms with Crippen LogP contribution in [0, 0.1) is 5.92 Å². The van der Waals surface area contributed by atoms with Crippen LogP contribution < -0.4 is 5.32 Å². The van der Waals surface area contributed by atoms with Gasteiger partial charge in [-0.2, -0.15) is 0 Å². The molecule has 0 aromatic heterocycles. The van der Waals surface area contributed by atoms with Gasteiger partial charge in [0.2, 0.25) is 10.0 Å². The van der Waals surface area contributed by atoms with Gasteiger partial charge in [0, 0.05) is 24.2 Å². The van der Waals surface area contributed by atoms with E-state index in [1.807, 2.05) is 36.4 Å². The van der Waals surface area contributed by atoms with E-state index in [1.54, 1.807) is 13.0 Å². The van der Waals surface area contributed by atoms with E-state index in [2.05, 4.69) is 5.32 Å². The SMILES string of the molecule is CCS(=O)(=O)N1CCC(C(=O)OC(C)C(=O)Nc2cccc3ccccc23)CC1. The third-order valence-corrected chi connectivity index (χ3v) is 7.14. The highest BCUT2D eigenvalue weighted by Gasteiger charge is 2.32. The van der Waals surface area contributed by atoms with Gasteiger partial charge in [0.15, 0.2) is 6.10 Å². The molecule has 29 heavy (non-hydrogen) atoms. The molecule has 156 valence electrons. The van der Waals surface area contributed by atoms with Gasteiger partial charge in [-0.3, -0.25) is 9.59 Å². The smallest absolute Gasteiger partial charge is 0.309 e. The monoisotopic (exact) mass is 418 g/mol. The Labute approximate surface area is 171 Å². The highest BCUT2D eigenvalue weighted by molar-refractivity contribution is 7.89. The van der Waals surface area contributed by atoms with Crippen LogP contribution in [0.5, 0.6) is 0 Å². The second-order valence-corrected chi connectivity index (χ2v) is 9.43. The summed E-state index contributed by atoms with van der Waals surface area (Å²) in [7, 11) is -3.24. The molecule has 1 atom stereocenters. The Bertz CT molecular complexity index is 992. The second kappa shape index (κ2) is 8.92. The Morgan fingerprint density at radius 3 is 2.48 bits per heavy atom. The second-order valence-electron chi connectivity index (χ2n) is 7.17. The molecule has 1 aliphatic rings. The first-order valence-electron chi connectivity index (χ1n) is 9.78. The van der Waals surface area contributed by atoms with Gasteiger partial charge in [-0.05, 0) is 38.1 Å². The molecule has 1 fully saturated rings. The zero-order valence-electron chi connectivity index (χ0n) is 16.6. The molecular weight excluding hydrogens is 392 g/mol. The summed E-state index contributed by atoms with van der Waals surface area (Å²) in [6, 6.07) is 13.3. The number of amides is 1. The van der Waals surface area contributed by atoms with Crippen molar-refractivity contribution < 1.29 is 22.7 Å². The molecule has 8 heteroatoms. The van der Waals surface area contributed by atoms with Gasteiger partial charge < -0.3 is 10.1 Å². The van der Waals surface area contributed by atoms with Gasteiger partial charge in [-0.15, -0.1) is 0 Å². The highest BCUT2D eigenvalue weighted by Crippen LogP contribution is 2.24. The number of anilines is 1. The Morgan fingerprint density at radius 1 is 1.14 bits per heavy atom. The molecule has 1 amide bonds. The van der Waals surface area contributed by atoms with Gasteiger partial charge in [-0.1, -0.05) is 36.4 Å². The van der Waals surface area contributed by atoms with Gasteiger partial charge in [0.05, 0.1) is 11.7 Å². The van der Waals surface area contributed by atoms with Crippen LogP contribution in [-0.2, 0) is 24.3 Å². The van der Waals surface area contributed by atoms with Crippen molar-refractivity contribution in [2.45, 2.75) is 32.8 Å². The Kier molecular flexibility index (Phi) is 6.54. The number of hydrogen-bond acceptors (Lipinski definition) is 5. The van der Waals surface area contributed by atoms with Crippen LogP contribution in [0.15, 0.2) is 42.5 Å². The van der Waals surface area contributed by atoms with E-state index in [-0.39, 0.29) is 5.75 Å². The highest BCUT2D eigenvalue weighted by atomic mass is 32.2. The van der Waals surface area contributed by atoms with Crippen LogP contribution in [0.1, 0.15) is 26.7 Å². The minimum Gasteiger partial charge on any atom is -0.452 e. The van der Waals surface area contributed by atoms with E-state index >= 15 is 0 Å². The predicted octanol–water partition coefficient (Wildman–Crippen LogP) is 2.77. The zero-order chi connectivity index (χ0) is 21.0. The lowest BCUT2D eigenvalue weighted by Crippen LogP contribution is -2.42. The minimum atomic E-state index is -3.24. The maximum absolute atomic E-state index is 12.5. The number of rotatable bonds is 6. The molecule has 1 aliphatic heterocycles. The third-order valence-electron chi connectivity index (χ3n) is 5.26. The molecule has 0 saturated carbocycles. The molecule has 1 unspecified atom stereocenters. The maximum Gasteiger partial charge on any atom is 0.309 e. The summed E-state index contributed by atoms with van der Waals surface area (Å²) in [5.74, 6) is -1.21. The summed E-state index contributed by atoms with van der Waals surface area (Å²) in [4.78, 5) is 25.0. The molecule has 1 saturated heterocycles. The van der Waals surface area contributed by atoms with Crippen LogP contribution in [0.25, 0.3) is 10.8 Å². The molecule has 0 aliphatic carbocycles. The average Bonchev–Trinajstić information content (AvgIpc) is 2.74. The van der Waals surface area contributed by atoms with Crippen molar-refractivity contribution in [1.82, 2.24) is 4.31 Å². The Balaban J connectivity index is 1.56. The summed E-state index contributed by atoms with van der Waals surface area (Å²) in [5, 5.41) is 4.74. The molecule has 0 radical (unpaired) electrons. The number of sulfonamides is 1. The fraction of sp³-hybridized carbons (Fsp3) is 0.429. The first-order valence-corrected chi connectivity index (χ1v) is 11.4. The lowest BCUT2D eigenvalue weighted by atomic mass is 9.98.